The van der Waals surface area contributed by atoms with Gasteiger partial charge in [0, 0.05) is 0 Å². The zero-order chi connectivity index (χ0) is 12.5. The average molecular weight is 234 g/mol. The van der Waals surface area contributed by atoms with Crippen LogP contribution < -0.4 is 10.5 Å². The fraction of sp³-hybridized carbons (Fsp3) is 0.462. The van der Waals surface area contributed by atoms with Crippen LogP contribution >= 0.6 is 0 Å². The standard InChI is InChI=1S/C13H15FN2O/c1-9-6-11(4-5-12(9)14)17-8-13(16,7-15)10-2-3-10/h4-6,10H,2-3,8,16H2,1H3. The predicted octanol–water partition coefficient (Wildman–Crippen LogP) is 2.14. The maximum absolute atomic E-state index is 13.0. The van der Waals surface area contributed by atoms with Gasteiger partial charge in [0.25, 0.3) is 0 Å². The number of hydrogen-bond donors (Lipinski definition) is 1. The summed E-state index contributed by atoms with van der Waals surface area (Å²) >= 11 is 0. The lowest BCUT2D eigenvalue weighted by molar-refractivity contribution is 0.236. The van der Waals surface area contributed by atoms with Crippen LogP contribution in [0.5, 0.6) is 5.75 Å². The van der Waals surface area contributed by atoms with E-state index in [4.69, 9.17) is 15.7 Å². The lowest BCUT2D eigenvalue weighted by atomic mass is 9.98. The molecular weight excluding hydrogens is 219 g/mol. The van der Waals surface area contributed by atoms with Gasteiger partial charge in [0.2, 0.25) is 0 Å². The summed E-state index contributed by atoms with van der Waals surface area (Å²) in [5.74, 6) is 0.516. The minimum Gasteiger partial charge on any atom is -0.491 e. The van der Waals surface area contributed by atoms with Gasteiger partial charge >= 0.3 is 0 Å². The van der Waals surface area contributed by atoms with Gasteiger partial charge in [-0.05, 0) is 49.4 Å². The Morgan fingerprint density at radius 3 is 2.82 bits per heavy atom. The predicted molar refractivity (Wildman–Crippen MR) is 61.9 cm³/mol. The normalized spacial score (nSPS) is 18.2. The molecule has 0 radical (unpaired) electrons. The number of nitrogens with two attached hydrogens (primary N) is 1. The molecule has 2 rings (SSSR count). The van der Waals surface area contributed by atoms with Crippen LogP contribution in [0.3, 0.4) is 0 Å². The summed E-state index contributed by atoms with van der Waals surface area (Å²) in [5.41, 5.74) is 5.57. The van der Waals surface area contributed by atoms with Crippen LogP contribution in [0.25, 0.3) is 0 Å². The molecule has 2 N–H and O–H groups in total. The Bertz CT molecular complexity index is 465. The van der Waals surface area contributed by atoms with E-state index < -0.39 is 5.54 Å². The van der Waals surface area contributed by atoms with Crippen LogP contribution in [-0.2, 0) is 0 Å². The third-order valence-corrected chi connectivity index (χ3v) is 3.12. The minimum absolute atomic E-state index is 0.152. The van der Waals surface area contributed by atoms with Crippen molar-refractivity contribution in [2.24, 2.45) is 11.7 Å². The number of nitriles is 1. The number of ether oxygens (including phenoxy) is 1. The van der Waals surface area contributed by atoms with E-state index in [0.29, 0.717) is 11.3 Å². The van der Waals surface area contributed by atoms with Crippen molar-refractivity contribution in [3.63, 3.8) is 0 Å². The zero-order valence-corrected chi connectivity index (χ0v) is 9.74. The number of rotatable bonds is 4. The van der Waals surface area contributed by atoms with Gasteiger partial charge in [-0.1, -0.05) is 0 Å². The van der Waals surface area contributed by atoms with E-state index >= 15 is 0 Å². The van der Waals surface area contributed by atoms with Crippen LogP contribution in [0, 0.1) is 30.0 Å². The van der Waals surface area contributed by atoms with Gasteiger partial charge < -0.3 is 10.5 Å². The monoisotopic (exact) mass is 234 g/mol. The van der Waals surface area contributed by atoms with Crippen molar-refractivity contribution in [2.45, 2.75) is 25.3 Å². The van der Waals surface area contributed by atoms with Crippen LogP contribution in [-0.4, -0.2) is 12.1 Å². The lowest BCUT2D eigenvalue weighted by Crippen LogP contribution is -2.46. The molecule has 17 heavy (non-hydrogen) atoms. The molecule has 1 atom stereocenters. The van der Waals surface area contributed by atoms with Gasteiger partial charge in [0.05, 0.1) is 6.07 Å². The quantitative estimate of drug-likeness (QED) is 0.868. The number of hydrogen-bond acceptors (Lipinski definition) is 3. The second kappa shape index (κ2) is 4.34. The Kier molecular flexibility index (Phi) is 3.03. The van der Waals surface area contributed by atoms with Crippen LogP contribution in [0.4, 0.5) is 4.39 Å². The highest BCUT2D eigenvalue weighted by molar-refractivity contribution is 5.29. The van der Waals surface area contributed by atoms with Crippen molar-refractivity contribution in [2.75, 3.05) is 6.61 Å². The average Bonchev–Trinajstić information content (AvgIpc) is 3.14. The summed E-state index contributed by atoms with van der Waals surface area (Å²) in [4.78, 5) is 0. The first-order valence-electron chi connectivity index (χ1n) is 5.64. The van der Waals surface area contributed by atoms with Gasteiger partial charge in [0.1, 0.15) is 23.7 Å². The van der Waals surface area contributed by atoms with Crippen molar-refractivity contribution in [3.8, 4) is 11.8 Å². The second-order valence-electron chi connectivity index (χ2n) is 4.63. The molecule has 0 aliphatic heterocycles. The van der Waals surface area contributed by atoms with Crippen molar-refractivity contribution in [3.05, 3.63) is 29.6 Å². The number of aryl methyl sites for hydroxylation is 1. The SMILES string of the molecule is Cc1cc(OCC(N)(C#N)C2CC2)ccc1F. The maximum Gasteiger partial charge on any atom is 0.141 e. The van der Waals surface area contributed by atoms with Gasteiger partial charge in [0.15, 0.2) is 0 Å². The molecule has 3 nitrogen and oxygen atoms in total. The Balaban J connectivity index is 2.02. The highest BCUT2D eigenvalue weighted by Gasteiger charge is 2.43. The van der Waals surface area contributed by atoms with E-state index in [1.165, 1.54) is 6.07 Å². The van der Waals surface area contributed by atoms with Crippen molar-refractivity contribution >= 4 is 0 Å². The third-order valence-electron chi connectivity index (χ3n) is 3.12. The lowest BCUT2D eigenvalue weighted by Gasteiger charge is -2.21. The number of halogens is 1. The first-order chi connectivity index (χ1) is 8.05. The molecule has 1 unspecified atom stereocenters. The number of nitrogens with zero attached hydrogens (tertiary/aromatic N) is 1. The highest BCUT2D eigenvalue weighted by atomic mass is 19.1. The molecule has 0 heterocycles. The Hall–Kier alpha value is -1.60. The second-order valence-corrected chi connectivity index (χ2v) is 4.63. The van der Waals surface area contributed by atoms with E-state index in [2.05, 4.69) is 6.07 Å². The Labute approximate surface area is 100.0 Å². The maximum atomic E-state index is 13.0. The van der Waals surface area contributed by atoms with E-state index in [1.54, 1.807) is 19.1 Å². The van der Waals surface area contributed by atoms with E-state index in [1.807, 2.05) is 0 Å². The van der Waals surface area contributed by atoms with Crippen LogP contribution in [0.1, 0.15) is 18.4 Å². The van der Waals surface area contributed by atoms with Gasteiger partial charge in [-0.3, -0.25) is 0 Å². The third kappa shape index (κ3) is 2.56. The first kappa shape index (κ1) is 11.9. The molecule has 1 aliphatic rings. The Morgan fingerprint density at radius 2 is 2.29 bits per heavy atom. The summed E-state index contributed by atoms with van der Waals surface area (Å²) in [6.45, 7) is 1.82. The highest BCUT2D eigenvalue weighted by Crippen LogP contribution is 2.38. The summed E-state index contributed by atoms with van der Waals surface area (Å²) < 4.78 is 18.5. The van der Waals surface area contributed by atoms with Crippen molar-refractivity contribution in [1.82, 2.24) is 0 Å². The molecule has 1 aromatic rings. The fourth-order valence-electron chi connectivity index (χ4n) is 1.75. The summed E-state index contributed by atoms with van der Waals surface area (Å²) in [5, 5.41) is 9.06. The van der Waals surface area contributed by atoms with Gasteiger partial charge in [-0.15, -0.1) is 0 Å². The summed E-state index contributed by atoms with van der Waals surface area (Å²) in [7, 11) is 0. The summed E-state index contributed by atoms with van der Waals surface area (Å²) in [6.07, 6.45) is 1.96. The van der Waals surface area contributed by atoms with Crippen LogP contribution in [0.15, 0.2) is 18.2 Å². The largest absolute Gasteiger partial charge is 0.491 e. The van der Waals surface area contributed by atoms with E-state index in [-0.39, 0.29) is 18.3 Å². The fourth-order valence-corrected chi connectivity index (χ4v) is 1.75. The topological polar surface area (TPSA) is 59.0 Å². The molecule has 0 amide bonds. The van der Waals surface area contributed by atoms with Gasteiger partial charge in [-0.25, -0.2) is 4.39 Å². The molecular formula is C13H15FN2O. The van der Waals surface area contributed by atoms with E-state index in [0.717, 1.165) is 12.8 Å². The van der Waals surface area contributed by atoms with Gasteiger partial charge in [-0.2, -0.15) is 5.26 Å². The molecule has 1 aromatic carbocycles. The molecule has 1 saturated carbocycles. The minimum atomic E-state index is -0.914. The molecule has 0 aromatic heterocycles. The molecule has 0 bridgehead atoms. The molecule has 1 aliphatic carbocycles. The molecule has 4 heteroatoms. The molecule has 90 valence electrons. The first-order valence-corrected chi connectivity index (χ1v) is 5.64. The molecule has 1 fully saturated rings. The smallest absolute Gasteiger partial charge is 0.141 e. The summed E-state index contributed by atoms with van der Waals surface area (Å²) in [6, 6.07) is 6.63. The number of benzene rings is 1. The molecule has 0 spiro atoms. The Morgan fingerprint density at radius 1 is 1.59 bits per heavy atom. The zero-order valence-electron chi connectivity index (χ0n) is 9.74. The van der Waals surface area contributed by atoms with Crippen LogP contribution in [0.2, 0.25) is 0 Å². The molecule has 0 saturated heterocycles. The van der Waals surface area contributed by atoms with E-state index in [9.17, 15) is 4.39 Å². The van der Waals surface area contributed by atoms with Crippen molar-refractivity contribution < 1.29 is 9.13 Å². The van der Waals surface area contributed by atoms with Crippen molar-refractivity contribution in [1.29, 1.82) is 5.26 Å².